The molecule has 0 aliphatic heterocycles. The van der Waals surface area contributed by atoms with E-state index in [1.54, 1.807) is 45.2 Å². The van der Waals surface area contributed by atoms with Crippen LogP contribution in [0.4, 0.5) is 0 Å². The molecule has 0 spiro atoms. The van der Waals surface area contributed by atoms with Crippen LogP contribution in [0, 0.1) is 14.3 Å². The van der Waals surface area contributed by atoms with E-state index in [9.17, 15) is 19.8 Å². The molecule has 0 unspecified atom stereocenters. The Morgan fingerprint density at radius 3 is 1.06 bits per heavy atom. The van der Waals surface area contributed by atoms with Gasteiger partial charge < -0.3 is 19.8 Å². The summed E-state index contributed by atoms with van der Waals surface area (Å²) in [5.41, 5.74) is -0.621. The Balaban J connectivity index is 0. The largest absolute Gasteiger partial charge is 1.00 e. The van der Waals surface area contributed by atoms with Crippen LogP contribution >= 0.6 is 90.4 Å². The number of aromatic carboxylic acids is 2. The van der Waals surface area contributed by atoms with E-state index in [4.69, 9.17) is 0 Å². The minimum absolute atomic E-state index is 0. The van der Waals surface area contributed by atoms with E-state index < -0.39 is 11.9 Å². The molecule has 18 heavy (non-hydrogen) atoms. The molecule has 0 saturated heterocycles. The first-order valence-electron chi connectivity index (χ1n) is 3.57. The van der Waals surface area contributed by atoms with E-state index in [1.807, 2.05) is 45.2 Å². The first-order chi connectivity index (χ1) is 7.29. The molecule has 1 aromatic rings. The zero-order valence-electron chi connectivity index (χ0n) is 9.14. The van der Waals surface area contributed by atoms with Crippen molar-refractivity contribution >= 4 is 102 Å². The molecule has 1 aromatic carbocycles. The predicted molar refractivity (Wildman–Crippen MR) is 86.0 cm³/mol. The Labute approximate surface area is 202 Å². The molecule has 1 rings (SSSR count). The molecule has 0 aliphatic rings. The van der Waals surface area contributed by atoms with Crippen molar-refractivity contribution in [2.24, 2.45) is 0 Å². The number of rotatable bonds is 2. The van der Waals surface area contributed by atoms with Crippen molar-refractivity contribution in [3.05, 3.63) is 25.4 Å². The molecule has 0 heterocycles. The van der Waals surface area contributed by atoms with E-state index in [0.29, 0.717) is 14.3 Å². The molecule has 0 saturated carbocycles. The van der Waals surface area contributed by atoms with Gasteiger partial charge in [-0.25, -0.2) is 0 Å². The number of halogens is 4. The third-order valence-electron chi connectivity index (χ3n) is 1.68. The van der Waals surface area contributed by atoms with Gasteiger partial charge in [0.1, 0.15) is 0 Å². The van der Waals surface area contributed by atoms with Gasteiger partial charge in [0.2, 0.25) is 0 Å². The van der Waals surface area contributed by atoms with E-state index in [2.05, 4.69) is 0 Å². The van der Waals surface area contributed by atoms with Crippen molar-refractivity contribution in [2.45, 2.75) is 0 Å². The van der Waals surface area contributed by atoms with Gasteiger partial charge in [-0.1, -0.05) is 0 Å². The molecule has 0 amide bonds. The summed E-state index contributed by atoms with van der Waals surface area (Å²) < 4.78 is 2.13. The minimum Gasteiger partial charge on any atom is -0.545 e. The van der Waals surface area contributed by atoms with Crippen LogP contribution in [-0.2, 0) is 0 Å². The zero-order valence-corrected chi connectivity index (χ0v) is 21.8. The van der Waals surface area contributed by atoms with Gasteiger partial charge in [0.15, 0.2) is 0 Å². The molecule has 0 radical (unpaired) electrons. The first kappa shape index (κ1) is 23.3. The second-order valence-electron chi connectivity index (χ2n) is 2.58. The third-order valence-corrected chi connectivity index (χ3v) is 9.09. The summed E-state index contributed by atoms with van der Waals surface area (Å²) in [7, 11) is 0. The van der Waals surface area contributed by atoms with Gasteiger partial charge in [-0.15, -0.1) is 0 Å². The molecule has 0 fully saturated rings. The summed E-state index contributed by atoms with van der Waals surface area (Å²) in [6.45, 7) is 0. The normalized spacial score (nSPS) is 9.11. The van der Waals surface area contributed by atoms with Crippen molar-refractivity contribution in [3.8, 4) is 0 Å². The standard InChI is InChI=1S/C8H2I4O4.2Na/c9-3-1(7(13)14)2(8(15)16)4(10)6(12)5(3)11;;/h(H,13,14)(H,15,16);;/q;2*+1/p-2. The van der Waals surface area contributed by atoms with Gasteiger partial charge in [-0.2, -0.15) is 0 Å². The van der Waals surface area contributed by atoms with Crippen LogP contribution in [0.5, 0.6) is 0 Å². The fourth-order valence-electron chi connectivity index (χ4n) is 1.02. The Hall–Kier alpha value is 3.08. The summed E-state index contributed by atoms with van der Waals surface area (Å²) >= 11 is 7.53. The number of carbonyl (C=O) groups is 2. The Morgan fingerprint density at radius 2 is 0.889 bits per heavy atom. The van der Waals surface area contributed by atoms with Crippen LogP contribution in [0.15, 0.2) is 0 Å². The summed E-state index contributed by atoms with van der Waals surface area (Å²) in [6, 6.07) is 0. The van der Waals surface area contributed by atoms with Crippen LogP contribution < -0.4 is 69.3 Å². The van der Waals surface area contributed by atoms with Gasteiger partial charge in [0.25, 0.3) is 0 Å². The molecular formula is C8I4Na2O4. The monoisotopic (exact) mass is 714 g/mol. The van der Waals surface area contributed by atoms with Gasteiger partial charge in [0.05, 0.1) is 11.9 Å². The number of hydrogen-bond acceptors (Lipinski definition) is 4. The molecule has 0 atom stereocenters. The first-order valence-corrected chi connectivity index (χ1v) is 7.89. The van der Waals surface area contributed by atoms with Crippen LogP contribution in [0.3, 0.4) is 0 Å². The van der Waals surface area contributed by atoms with Gasteiger partial charge >= 0.3 is 59.1 Å². The number of carbonyl (C=O) groups excluding carboxylic acids is 2. The Kier molecular flexibility index (Phi) is 12.9. The predicted octanol–water partition coefficient (Wildman–Crippen LogP) is -5.16. The molecule has 10 heteroatoms. The van der Waals surface area contributed by atoms with E-state index >= 15 is 0 Å². The Morgan fingerprint density at radius 1 is 0.667 bits per heavy atom. The van der Waals surface area contributed by atoms with Crippen LogP contribution in [0.25, 0.3) is 0 Å². The van der Waals surface area contributed by atoms with Crippen LogP contribution in [0.1, 0.15) is 20.7 Å². The summed E-state index contributed by atoms with van der Waals surface area (Å²) in [4.78, 5) is 21.9. The fraction of sp³-hybridized carbons (Fsp3) is 0. The molecular weight excluding hydrogens is 714 g/mol. The van der Waals surface area contributed by atoms with E-state index in [-0.39, 0.29) is 70.2 Å². The minimum atomic E-state index is -1.50. The maximum absolute atomic E-state index is 10.9. The number of carboxylic acid groups (broad SMARTS) is 2. The smallest absolute Gasteiger partial charge is 0.545 e. The molecule has 86 valence electrons. The van der Waals surface area contributed by atoms with E-state index in [1.165, 1.54) is 0 Å². The molecule has 0 aliphatic carbocycles. The van der Waals surface area contributed by atoms with Crippen molar-refractivity contribution in [2.75, 3.05) is 0 Å². The molecule has 0 aromatic heterocycles. The maximum Gasteiger partial charge on any atom is 1.00 e. The van der Waals surface area contributed by atoms with Gasteiger partial charge in [-0.05, 0) is 90.4 Å². The SMILES string of the molecule is O=C([O-])c1c(I)c(I)c(I)c(I)c1C(=O)[O-].[Na+].[Na+]. The van der Waals surface area contributed by atoms with Crippen LogP contribution in [-0.4, -0.2) is 11.9 Å². The molecule has 4 nitrogen and oxygen atoms in total. The summed E-state index contributed by atoms with van der Waals surface area (Å²) in [6.07, 6.45) is 0. The average molecular weight is 714 g/mol. The average Bonchev–Trinajstić information content (AvgIpc) is 2.18. The van der Waals surface area contributed by atoms with Crippen molar-refractivity contribution < 1.29 is 78.9 Å². The zero-order chi connectivity index (χ0) is 12.6. The number of hydrogen-bond donors (Lipinski definition) is 0. The second kappa shape index (κ2) is 9.97. The summed E-state index contributed by atoms with van der Waals surface area (Å²) in [5, 5.41) is 21.9. The third kappa shape index (κ3) is 5.07. The molecule has 0 bridgehead atoms. The Bertz CT molecular complexity index is 462. The van der Waals surface area contributed by atoms with Crippen molar-refractivity contribution in [3.63, 3.8) is 0 Å². The topological polar surface area (TPSA) is 80.3 Å². The van der Waals surface area contributed by atoms with E-state index in [0.717, 1.165) is 0 Å². The van der Waals surface area contributed by atoms with Crippen molar-refractivity contribution in [1.29, 1.82) is 0 Å². The van der Waals surface area contributed by atoms with Gasteiger partial charge in [0, 0.05) is 25.4 Å². The van der Waals surface area contributed by atoms with Crippen LogP contribution in [0.2, 0.25) is 0 Å². The fourth-order valence-corrected chi connectivity index (χ4v) is 4.64. The van der Waals surface area contributed by atoms with Gasteiger partial charge in [-0.3, -0.25) is 0 Å². The quantitative estimate of drug-likeness (QED) is 0.133. The van der Waals surface area contributed by atoms with Crippen molar-refractivity contribution in [1.82, 2.24) is 0 Å². The number of benzene rings is 1. The summed E-state index contributed by atoms with van der Waals surface area (Å²) in [5.74, 6) is -3.01. The molecule has 0 N–H and O–H groups in total. The number of carboxylic acids is 2. The second-order valence-corrected chi connectivity index (χ2v) is 6.90. The maximum atomic E-state index is 10.9.